The van der Waals surface area contributed by atoms with Crippen molar-refractivity contribution in [2.75, 3.05) is 13.2 Å². The maximum atomic E-state index is 8.96. The molecule has 96 valence electrons. The first-order valence-electron chi connectivity index (χ1n) is 6.62. The molecular weight excluding hydrogens is 200 g/mol. The molecule has 0 bridgehead atoms. The molecular formula is C13H28N2O. The molecule has 0 spiro atoms. The van der Waals surface area contributed by atoms with E-state index in [9.17, 15) is 0 Å². The van der Waals surface area contributed by atoms with Crippen molar-refractivity contribution >= 4 is 0 Å². The van der Waals surface area contributed by atoms with E-state index in [1.54, 1.807) is 0 Å². The molecule has 4 atom stereocenters. The van der Waals surface area contributed by atoms with Gasteiger partial charge in [0.15, 0.2) is 0 Å². The summed E-state index contributed by atoms with van der Waals surface area (Å²) in [6.07, 6.45) is 4.50. The van der Waals surface area contributed by atoms with E-state index in [2.05, 4.69) is 26.1 Å². The predicted molar refractivity (Wildman–Crippen MR) is 68.3 cm³/mol. The molecule has 1 aliphatic rings. The van der Waals surface area contributed by atoms with Gasteiger partial charge in [0.25, 0.3) is 0 Å². The molecule has 1 saturated carbocycles. The minimum atomic E-state index is 0.0983. The van der Waals surface area contributed by atoms with Crippen molar-refractivity contribution < 1.29 is 5.11 Å². The van der Waals surface area contributed by atoms with Gasteiger partial charge in [-0.05, 0) is 44.4 Å². The lowest BCUT2D eigenvalue weighted by atomic mass is 9.69. The van der Waals surface area contributed by atoms with E-state index in [1.165, 1.54) is 19.3 Å². The summed E-state index contributed by atoms with van der Waals surface area (Å²) in [5.74, 6) is 1.45. The molecule has 0 amide bonds. The number of nitrogens with one attached hydrogen (secondary N) is 1. The second-order valence-corrected chi connectivity index (χ2v) is 5.70. The standard InChI is InChI=1S/C13H28N2O/c1-10-4-6-13(9-14,11(2)8-10)15-12(3)5-7-16/h10-12,15-16H,4-9,14H2,1-3H3. The Labute approximate surface area is 99.8 Å². The van der Waals surface area contributed by atoms with Crippen LogP contribution in [0.5, 0.6) is 0 Å². The van der Waals surface area contributed by atoms with Crippen LogP contribution in [0.4, 0.5) is 0 Å². The molecule has 4 N–H and O–H groups in total. The fraction of sp³-hybridized carbons (Fsp3) is 1.00. The van der Waals surface area contributed by atoms with Crippen molar-refractivity contribution in [3.05, 3.63) is 0 Å². The second-order valence-electron chi connectivity index (χ2n) is 5.70. The summed E-state index contributed by atoms with van der Waals surface area (Å²) < 4.78 is 0. The minimum Gasteiger partial charge on any atom is -0.396 e. The van der Waals surface area contributed by atoms with Crippen LogP contribution in [0.2, 0.25) is 0 Å². The van der Waals surface area contributed by atoms with Crippen molar-refractivity contribution in [1.29, 1.82) is 0 Å². The number of nitrogens with two attached hydrogens (primary N) is 1. The number of rotatable bonds is 5. The van der Waals surface area contributed by atoms with E-state index in [1.807, 2.05) is 0 Å². The van der Waals surface area contributed by atoms with Crippen molar-refractivity contribution in [1.82, 2.24) is 5.32 Å². The van der Waals surface area contributed by atoms with Crippen LogP contribution in [0.3, 0.4) is 0 Å². The van der Waals surface area contributed by atoms with E-state index in [0.29, 0.717) is 18.5 Å². The Hall–Kier alpha value is -0.120. The van der Waals surface area contributed by atoms with Crippen LogP contribution < -0.4 is 11.1 Å². The van der Waals surface area contributed by atoms with Crippen molar-refractivity contribution in [3.63, 3.8) is 0 Å². The van der Waals surface area contributed by atoms with Crippen LogP contribution in [-0.2, 0) is 0 Å². The molecule has 4 unspecified atom stereocenters. The molecule has 0 aromatic heterocycles. The highest BCUT2D eigenvalue weighted by Crippen LogP contribution is 2.36. The average Bonchev–Trinajstić information content (AvgIpc) is 2.23. The van der Waals surface area contributed by atoms with Gasteiger partial charge in [0, 0.05) is 24.7 Å². The normalized spacial score (nSPS) is 37.3. The molecule has 16 heavy (non-hydrogen) atoms. The molecule has 0 radical (unpaired) electrons. The van der Waals surface area contributed by atoms with Gasteiger partial charge in [-0.15, -0.1) is 0 Å². The van der Waals surface area contributed by atoms with Crippen LogP contribution in [0.1, 0.15) is 46.5 Å². The summed E-state index contributed by atoms with van der Waals surface area (Å²) in [7, 11) is 0. The lowest BCUT2D eigenvalue weighted by Gasteiger charge is -2.46. The Morgan fingerprint density at radius 3 is 2.69 bits per heavy atom. The fourth-order valence-electron chi connectivity index (χ4n) is 3.03. The number of aliphatic hydroxyl groups excluding tert-OH is 1. The molecule has 3 nitrogen and oxygen atoms in total. The highest BCUT2D eigenvalue weighted by Gasteiger charge is 2.39. The third-order valence-corrected chi connectivity index (χ3v) is 4.24. The average molecular weight is 228 g/mol. The van der Waals surface area contributed by atoms with Crippen molar-refractivity contribution in [3.8, 4) is 0 Å². The molecule has 0 aromatic rings. The summed E-state index contributed by atoms with van der Waals surface area (Å²) >= 11 is 0. The van der Waals surface area contributed by atoms with Crippen LogP contribution >= 0.6 is 0 Å². The maximum Gasteiger partial charge on any atom is 0.0445 e. The van der Waals surface area contributed by atoms with E-state index >= 15 is 0 Å². The van der Waals surface area contributed by atoms with E-state index in [0.717, 1.165) is 12.3 Å². The van der Waals surface area contributed by atoms with Crippen molar-refractivity contribution in [2.45, 2.75) is 58.0 Å². The van der Waals surface area contributed by atoms with Gasteiger partial charge in [-0.3, -0.25) is 0 Å². The van der Waals surface area contributed by atoms with Gasteiger partial charge in [0.1, 0.15) is 0 Å². The molecule has 0 aromatic carbocycles. The Balaban J connectivity index is 2.61. The number of hydrogen-bond acceptors (Lipinski definition) is 3. The predicted octanol–water partition coefficient (Wildman–Crippen LogP) is 1.50. The van der Waals surface area contributed by atoms with Gasteiger partial charge in [-0.1, -0.05) is 13.8 Å². The van der Waals surface area contributed by atoms with Crippen molar-refractivity contribution in [2.24, 2.45) is 17.6 Å². The first-order valence-corrected chi connectivity index (χ1v) is 6.62. The minimum absolute atomic E-state index is 0.0983. The smallest absolute Gasteiger partial charge is 0.0445 e. The lowest BCUT2D eigenvalue weighted by molar-refractivity contribution is 0.112. The largest absolute Gasteiger partial charge is 0.396 e. The third-order valence-electron chi connectivity index (χ3n) is 4.24. The summed E-state index contributed by atoms with van der Waals surface area (Å²) in [6.45, 7) is 7.73. The summed E-state index contributed by atoms with van der Waals surface area (Å²) in [4.78, 5) is 0. The highest BCUT2D eigenvalue weighted by atomic mass is 16.3. The molecule has 1 rings (SSSR count). The van der Waals surface area contributed by atoms with Gasteiger partial charge < -0.3 is 16.2 Å². The zero-order valence-electron chi connectivity index (χ0n) is 11.0. The summed E-state index contributed by atoms with van der Waals surface area (Å²) in [5, 5.41) is 12.6. The van der Waals surface area contributed by atoms with Crippen LogP contribution in [0.15, 0.2) is 0 Å². The molecule has 0 aliphatic heterocycles. The van der Waals surface area contributed by atoms with Gasteiger partial charge in [-0.2, -0.15) is 0 Å². The fourth-order valence-corrected chi connectivity index (χ4v) is 3.03. The summed E-state index contributed by atoms with van der Waals surface area (Å²) in [6, 6.07) is 0.351. The summed E-state index contributed by atoms with van der Waals surface area (Å²) in [5.41, 5.74) is 6.09. The van der Waals surface area contributed by atoms with Gasteiger partial charge in [0.05, 0.1) is 0 Å². The molecule has 1 fully saturated rings. The number of hydrogen-bond donors (Lipinski definition) is 3. The Kier molecular flexibility index (Phi) is 5.22. The van der Waals surface area contributed by atoms with Gasteiger partial charge in [-0.25, -0.2) is 0 Å². The molecule has 1 aliphatic carbocycles. The third kappa shape index (κ3) is 3.19. The Morgan fingerprint density at radius 1 is 1.50 bits per heavy atom. The van der Waals surface area contributed by atoms with Crippen LogP contribution in [-0.4, -0.2) is 29.8 Å². The number of aliphatic hydroxyl groups is 1. The van der Waals surface area contributed by atoms with Gasteiger partial charge >= 0.3 is 0 Å². The highest BCUT2D eigenvalue weighted by molar-refractivity contribution is 4.98. The van der Waals surface area contributed by atoms with Gasteiger partial charge in [0.2, 0.25) is 0 Å². The quantitative estimate of drug-likeness (QED) is 0.668. The Morgan fingerprint density at radius 2 is 2.19 bits per heavy atom. The topological polar surface area (TPSA) is 58.3 Å². The SMILES string of the molecule is CC1CCC(CN)(NC(C)CCO)C(C)C1. The zero-order valence-corrected chi connectivity index (χ0v) is 11.0. The molecule has 0 heterocycles. The van der Waals surface area contributed by atoms with Crippen LogP contribution in [0.25, 0.3) is 0 Å². The first kappa shape index (κ1) is 13.9. The van der Waals surface area contributed by atoms with E-state index in [-0.39, 0.29) is 12.1 Å². The first-order chi connectivity index (χ1) is 7.54. The monoisotopic (exact) mass is 228 g/mol. The van der Waals surface area contributed by atoms with E-state index in [4.69, 9.17) is 10.8 Å². The Bertz CT molecular complexity index is 210. The molecule has 3 heteroatoms. The zero-order chi connectivity index (χ0) is 12.2. The lowest BCUT2D eigenvalue weighted by Crippen LogP contribution is -2.60. The van der Waals surface area contributed by atoms with Crippen LogP contribution in [0, 0.1) is 11.8 Å². The molecule has 0 saturated heterocycles. The second kappa shape index (κ2) is 5.99. The maximum absolute atomic E-state index is 8.96. The van der Waals surface area contributed by atoms with E-state index < -0.39 is 0 Å².